The maximum atomic E-state index is 12.0. The smallest absolute Gasteiger partial charge is 0.335 e. The lowest BCUT2D eigenvalue weighted by Crippen LogP contribution is -2.13. The van der Waals surface area contributed by atoms with Gasteiger partial charge in [-0.05, 0) is 48.5 Å². The summed E-state index contributed by atoms with van der Waals surface area (Å²) in [6.45, 7) is 0. The highest BCUT2D eigenvalue weighted by Gasteiger charge is 2.08. The monoisotopic (exact) mass is 284 g/mol. The third kappa shape index (κ3) is 3.60. The molecule has 0 atom stereocenters. The van der Waals surface area contributed by atoms with Crippen molar-refractivity contribution in [3.63, 3.8) is 0 Å². The van der Waals surface area contributed by atoms with Crippen molar-refractivity contribution in [1.29, 1.82) is 0 Å². The number of benzene rings is 2. The Morgan fingerprint density at radius 2 is 1.43 bits per heavy atom. The van der Waals surface area contributed by atoms with Crippen molar-refractivity contribution < 1.29 is 14.7 Å². The summed E-state index contributed by atoms with van der Waals surface area (Å²) in [5, 5.41) is 11.6. The normalized spacial score (nSPS) is 10.0. The van der Waals surface area contributed by atoms with Gasteiger partial charge in [0.2, 0.25) is 0 Å². The molecule has 1 amide bonds. The van der Waals surface area contributed by atoms with E-state index in [0.717, 1.165) is 5.69 Å². The van der Waals surface area contributed by atoms with E-state index in [1.165, 1.54) is 24.3 Å². The van der Waals surface area contributed by atoms with Crippen LogP contribution in [0.25, 0.3) is 0 Å². The minimum atomic E-state index is -1.01. The first-order valence-electron chi connectivity index (χ1n) is 6.39. The van der Waals surface area contributed by atoms with Gasteiger partial charge in [0.15, 0.2) is 0 Å². The van der Waals surface area contributed by atoms with Gasteiger partial charge in [0.25, 0.3) is 5.91 Å². The van der Waals surface area contributed by atoms with Gasteiger partial charge >= 0.3 is 5.97 Å². The number of carboxylic acids is 1. The molecule has 0 fully saturated rings. The molecule has 0 bridgehead atoms. The molecule has 0 spiro atoms. The van der Waals surface area contributed by atoms with Crippen LogP contribution >= 0.6 is 0 Å². The predicted molar refractivity (Wildman–Crippen MR) is 82.1 cm³/mol. The number of amides is 1. The molecule has 0 aliphatic carbocycles. The Labute approximate surface area is 122 Å². The van der Waals surface area contributed by atoms with Crippen LogP contribution in [-0.2, 0) is 0 Å². The zero-order valence-electron chi connectivity index (χ0n) is 11.8. The van der Waals surface area contributed by atoms with Gasteiger partial charge in [-0.1, -0.05) is 0 Å². The van der Waals surface area contributed by atoms with E-state index in [1.54, 1.807) is 0 Å². The first-order valence-corrected chi connectivity index (χ1v) is 6.39. The van der Waals surface area contributed by atoms with Crippen molar-refractivity contribution in [3.05, 3.63) is 59.7 Å². The molecule has 0 unspecified atom stereocenters. The Hall–Kier alpha value is -2.82. The minimum absolute atomic E-state index is 0.155. The quantitative estimate of drug-likeness (QED) is 0.905. The van der Waals surface area contributed by atoms with Crippen molar-refractivity contribution in [3.8, 4) is 0 Å². The largest absolute Gasteiger partial charge is 0.478 e. The van der Waals surface area contributed by atoms with Gasteiger partial charge in [0.05, 0.1) is 5.56 Å². The summed E-state index contributed by atoms with van der Waals surface area (Å²) in [5.41, 5.74) is 2.30. The van der Waals surface area contributed by atoms with E-state index in [2.05, 4.69) is 5.32 Å². The summed E-state index contributed by atoms with van der Waals surface area (Å²) in [6, 6.07) is 13.3. The fraction of sp³-hybridized carbons (Fsp3) is 0.125. The molecule has 2 N–H and O–H groups in total. The summed E-state index contributed by atoms with van der Waals surface area (Å²) >= 11 is 0. The van der Waals surface area contributed by atoms with E-state index in [4.69, 9.17) is 5.11 Å². The molecule has 0 heterocycles. The van der Waals surface area contributed by atoms with Gasteiger partial charge in [0.1, 0.15) is 0 Å². The van der Waals surface area contributed by atoms with Crippen molar-refractivity contribution in [2.75, 3.05) is 24.3 Å². The lowest BCUT2D eigenvalue weighted by atomic mass is 10.1. The van der Waals surface area contributed by atoms with Gasteiger partial charge in [-0.3, -0.25) is 4.79 Å². The molecule has 0 aliphatic rings. The fourth-order valence-electron chi connectivity index (χ4n) is 1.81. The molecule has 0 aromatic heterocycles. The van der Waals surface area contributed by atoms with Crippen LogP contribution in [0, 0.1) is 0 Å². The fourth-order valence-corrected chi connectivity index (χ4v) is 1.81. The van der Waals surface area contributed by atoms with Crippen LogP contribution in [0.3, 0.4) is 0 Å². The van der Waals surface area contributed by atoms with Gasteiger partial charge in [0, 0.05) is 31.0 Å². The van der Waals surface area contributed by atoms with E-state index in [-0.39, 0.29) is 11.5 Å². The highest BCUT2D eigenvalue weighted by Crippen LogP contribution is 2.16. The van der Waals surface area contributed by atoms with E-state index in [1.807, 2.05) is 43.3 Å². The second kappa shape index (κ2) is 6.09. The number of hydrogen-bond donors (Lipinski definition) is 2. The Bertz CT molecular complexity index is 646. The molecule has 5 heteroatoms. The topological polar surface area (TPSA) is 69.6 Å². The Kier molecular flexibility index (Phi) is 4.23. The number of carboxylic acid groups (broad SMARTS) is 1. The molecule has 108 valence electrons. The average Bonchev–Trinajstić information content (AvgIpc) is 2.47. The standard InChI is InChI=1S/C16H16N2O3/c1-18(2)14-9-7-13(8-10-14)17-15(19)11-3-5-12(6-4-11)16(20)21/h3-10H,1-2H3,(H,17,19)(H,20,21). The molecule has 2 aromatic rings. The van der Waals surface area contributed by atoms with Gasteiger partial charge < -0.3 is 15.3 Å². The number of nitrogens with one attached hydrogen (secondary N) is 1. The van der Waals surface area contributed by atoms with Gasteiger partial charge in [-0.2, -0.15) is 0 Å². The first-order chi connectivity index (χ1) is 9.97. The molecular weight excluding hydrogens is 268 g/mol. The summed E-state index contributed by atoms with van der Waals surface area (Å²) < 4.78 is 0. The zero-order valence-corrected chi connectivity index (χ0v) is 11.8. The number of carbonyl (C=O) groups is 2. The van der Waals surface area contributed by atoms with Crippen molar-refractivity contribution in [2.24, 2.45) is 0 Å². The van der Waals surface area contributed by atoms with E-state index < -0.39 is 5.97 Å². The third-order valence-corrected chi connectivity index (χ3v) is 3.04. The lowest BCUT2D eigenvalue weighted by molar-refractivity contribution is 0.0696. The second-order valence-electron chi connectivity index (χ2n) is 4.78. The summed E-state index contributed by atoms with van der Waals surface area (Å²) in [6.07, 6.45) is 0. The third-order valence-electron chi connectivity index (χ3n) is 3.04. The SMILES string of the molecule is CN(C)c1ccc(NC(=O)c2ccc(C(=O)O)cc2)cc1. The summed E-state index contributed by atoms with van der Waals surface area (Å²) in [4.78, 5) is 24.8. The lowest BCUT2D eigenvalue weighted by Gasteiger charge is -2.13. The Morgan fingerprint density at radius 1 is 0.905 bits per heavy atom. The maximum absolute atomic E-state index is 12.0. The van der Waals surface area contributed by atoms with E-state index in [9.17, 15) is 9.59 Å². The van der Waals surface area contributed by atoms with E-state index in [0.29, 0.717) is 11.3 Å². The van der Waals surface area contributed by atoms with Crippen LogP contribution in [0.5, 0.6) is 0 Å². The molecule has 0 saturated carbocycles. The van der Waals surface area contributed by atoms with Crippen LogP contribution in [0.2, 0.25) is 0 Å². The number of aromatic carboxylic acids is 1. The average molecular weight is 284 g/mol. The molecule has 0 saturated heterocycles. The second-order valence-corrected chi connectivity index (χ2v) is 4.78. The summed E-state index contributed by atoms with van der Waals surface area (Å²) in [5.74, 6) is -1.29. The number of hydrogen-bond acceptors (Lipinski definition) is 3. The molecule has 21 heavy (non-hydrogen) atoms. The minimum Gasteiger partial charge on any atom is -0.478 e. The van der Waals surface area contributed by atoms with Crippen molar-refractivity contribution in [1.82, 2.24) is 0 Å². The van der Waals surface area contributed by atoms with E-state index >= 15 is 0 Å². The molecule has 2 aromatic carbocycles. The van der Waals surface area contributed by atoms with Crippen molar-refractivity contribution >= 4 is 23.3 Å². The molecule has 5 nitrogen and oxygen atoms in total. The number of rotatable bonds is 4. The van der Waals surface area contributed by atoms with Crippen LogP contribution < -0.4 is 10.2 Å². The molecule has 2 rings (SSSR count). The molecule has 0 radical (unpaired) electrons. The maximum Gasteiger partial charge on any atom is 0.335 e. The van der Waals surface area contributed by atoms with Crippen molar-refractivity contribution in [2.45, 2.75) is 0 Å². The van der Waals surface area contributed by atoms with Crippen LogP contribution in [-0.4, -0.2) is 31.1 Å². The van der Waals surface area contributed by atoms with Crippen LogP contribution in [0.4, 0.5) is 11.4 Å². The van der Waals surface area contributed by atoms with Gasteiger partial charge in [-0.15, -0.1) is 0 Å². The number of nitrogens with zero attached hydrogens (tertiary/aromatic N) is 1. The Balaban J connectivity index is 2.08. The zero-order chi connectivity index (χ0) is 15.4. The highest BCUT2D eigenvalue weighted by atomic mass is 16.4. The number of carbonyl (C=O) groups excluding carboxylic acids is 1. The molecule has 0 aliphatic heterocycles. The van der Waals surface area contributed by atoms with Gasteiger partial charge in [-0.25, -0.2) is 4.79 Å². The number of anilines is 2. The van der Waals surface area contributed by atoms with Crippen LogP contribution in [0.1, 0.15) is 20.7 Å². The Morgan fingerprint density at radius 3 is 1.90 bits per heavy atom. The predicted octanol–water partition coefficient (Wildman–Crippen LogP) is 2.70. The first kappa shape index (κ1) is 14.6. The summed E-state index contributed by atoms with van der Waals surface area (Å²) in [7, 11) is 3.88. The highest BCUT2D eigenvalue weighted by molar-refractivity contribution is 6.04. The molecular formula is C16H16N2O3. The van der Waals surface area contributed by atoms with Crippen LogP contribution in [0.15, 0.2) is 48.5 Å².